The van der Waals surface area contributed by atoms with Crippen molar-refractivity contribution >= 4 is 23.1 Å². The average Bonchev–Trinajstić information content (AvgIpc) is 2.67. The molecule has 0 fully saturated rings. The van der Waals surface area contributed by atoms with Gasteiger partial charge in [-0.2, -0.15) is 0 Å². The molecular weight excluding hydrogens is 362 g/mol. The first-order valence-electron chi connectivity index (χ1n) is 8.59. The van der Waals surface area contributed by atoms with Gasteiger partial charge >= 0.3 is 0 Å². The Balaban J connectivity index is 2.00. The summed E-state index contributed by atoms with van der Waals surface area (Å²) in [7, 11) is 1.55. The standard InChI is InChI=1S/C22H24ClNO3/c1-15(14-27-3)21(25)12-18-5-4-6-19(11-18)16(2)22(26)24-13-17-7-9-20(23)10-8-17/h4-11,14,21,25H,2,12-13H2,1,3H3,(H,24,26)/b15-14+. The van der Waals surface area contributed by atoms with Gasteiger partial charge in [-0.25, -0.2) is 0 Å². The number of nitrogens with one attached hydrogen (secondary N) is 1. The van der Waals surface area contributed by atoms with E-state index in [0.29, 0.717) is 23.6 Å². The topological polar surface area (TPSA) is 58.6 Å². The molecule has 5 heteroatoms. The van der Waals surface area contributed by atoms with Gasteiger partial charge < -0.3 is 15.2 Å². The predicted molar refractivity (Wildman–Crippen MR) is 109 cm³/mol. The molecule has 0 spiro atoms. The van der Waals surface area contributed by atoms with E-state index in [1.54, 1.807) is 26.2 Å². The van der Waals surface area contributed by atoms with Crippen LogP contribution in [0.3, 0.4) is 0 Å². The van der Waals surface area contributed by atoms with Gasteiger partial charge in [0.05, 0.1) is 19.5 Å². The Bertz CT molecular complexity index is 828. The Morgan fingerprint density at radius 3 is 2.63 bits per heavy atom. The molecule has 1 amide bonds. The van der Waals surface area contributed by atoms with Crippen LogP contribution >= 0.6 is 11.6 Å². The van der Waals surface area contributed by atoms with Gasteiger partial charge in [-0.1, -0.05) is 54.6 Å². The third-order valence-electron chi connectivity index (χ3n) is 4.17. The highest BCUT2D eigenvalue weighted by Crippen LogP contribution is 2.18. The van der Waals surface area contributed by atoms with E-state index >= 15 is 0 Å². The smallest absolute Gasteiger partial charge is 0.251 e. The van der Waals surface area contributed by atoms with Gasteiger partial charge in [0.2, 0.25) is 0 Å². The van der Waals surface area contributed by atoms with E-state index in [0.717, 1.165) is 22.3 Å². The maximum absolute atomic E-state index is 12.4. The highest BCUT2D eigenvalue weighted by atomic mass is 35.5. The summed E-state index contributed by atoms with van der Waals surface area (Å²) in [5.41, 5.74) is 3.71. The van der Waals surface area contributed by atoms with Crippen LogP contribution in [0.25, 0.3) is 5.57 Å². The Hall–Kier alpha value is -2.56. The first kappa shape index (κ1) is 20.7. The van der Waals surface area contributed by atoms with Crippen LogP contribution in [0.2, 0.25) is 5.02 Å². The molecule has 2 aromatic carbocycles. The summed E-state index contributed by atoms with van der Waals surface area (Å²) >= 11 is 5.86. The molecule has 0 aromatic heterocycles. The van der Waals surface area contributed by atoms with Gasteiger partial charge in [-0.3, -0.25) is 4.79 Å². The highest BCUT2D eigenvalue weighted by molar-refractivity contribution is 6.30. The van der Waals surface area contributed by atoms with Crippen molar-refractivity contribution in [1.29, 1.82) is 0 Å². The minimum Gasteiger partial charge on any atom is -0.504 e. The van der Waals surface area contributed by atoms with E-state index in [-0.39, 0.29) is 5.91 Å². The Kier molecular flexibility index (Phi) is 7.65. The molecule has 2 N–H and O–H groups in total. The first-order chi connectivity index (χ1) is 12.9. The first-order valence-corrected chi connectivity index (χ1v) is 8.97. The fraction of sp³-hybridized carbons (Fsp3) is 0.227. The second kappa shape index (κ2) is 9.95. The molecule has 0 aliphatic carbocycles. The number of benzene rings is 2. The zero-order chi connectivity index (χ0) is 19.8. The van der Waals surface area contributed by atoms with Crippen LogP contribution in [-0.2, 0) is 22.5 Å². The molecule has 0 heterocycles. The number of carbonyl (C=O) groups excluding carboxylic acids is 1. The zero-order valence-electron chi connectivity index (χ0n) is 15.5. The highest BCUT2D eigenvalue weighted by Gasteiger charge is 2.12. The number of carbonyl (C=O) groups is 1. The summed E-state index contributed by atoms with van der Waals surface area (Å²) in [6, 6.07) is 14.8. The van der Waals surface area contributed by atoms with Crippen LogP contribution in [0.5, 0.6) is 0 Å². The van der Waals surface area contributed by atoms with Crippen molar-refractivity contribution in [2.45, 2.75) is 26.0 Å². The summed E-state index contributed by atoms with van der Waals surface area (Å²) < 4.78 is 4.93. The van der Waals surface area contributed by atoms with E-state index in [2.05, 4.69) is 11.9 Å². The van der Waals surface area contributed by atoms with E-state index < -0.39 is 6.10 Å². The molecule has 0 saturated carbocycles. The summed E-state index contributed by atoms with van der Waals surface area (Å²) in [4.78, 5) is 12.4. The molecule has 0 aliphatic heterocycles. The molecule has 0 saturated heterocycles. The lowest BCUT2D eigenvalue weighted by Gasteiger charge is -2.13. The second-order valence-electron chi connectivity index (χ2n) is 6.31. The minimum absolute atomic E-state index is 0.238. The summed E-state index contributed by atoms with van der Waals surface area (Å²) in [6.45, 7) is 6.11. The summed E-state index contributed by atoms with van der Waals surface area (Å²) in [5, 5.41) is 13.7. The SMILES string of the molecule is C=C(C(=O)NCc1ccc(Cl)cc1)c1cccc(CC(O)/C(C)=C/OC)c1. The van der Waals surface area contributed by atoms with Crippen LogP contribution in [-0.4, -0.2) is 24.2 Å². The van der Waals surface area contributed by atoms with Crippen molar-refractivity contribution in [3.05, 3.63) is 88.7 Å². The monoisotopic (exact) mass is 385 g/mol. The lowest BCUT2D eigenvalue weighted by Crippen LogP contribution is -2.23. The third kappa shape index (κ3) is 6.27. The van der Waals surface area contributed by atoms with Crippen molar-refractivity contribution in [2.75, 3.05) is 7.11 Å². The van der Waals surface area contributed by atoms with Crippen LogP contribution in [0.15, 0.2) is 66.9 Å². The fourth-order valence-electron chi connectivity index (χ4n) is 2.56. The number of amides is 1. The van der Waals surface area contributed by atoms with E-state index in [1.807, 2.05) is 36.4 Å². The summed E-state index contributed by atoms with van der Waals surface area (Å²) in [6.07, 6.45) is 1.31. The Morgan fingerprint density at radius 1 is 1.26 bits per heavy atom. The van der Waals surface area contributed by atoms with Crippen LogP contribution in [0.1, 0.15) is 23.6 Å². The van der Waals surface area contributed by atoms with Gasteiger partial charge in [-0.05, 0) is 41.3 Å². The van der Waals surface area contributed by atoms with Crippen molar-refractivity contribution in [3.8, 4) is 0 Å². The zero-order valence-corrected chi connectivity index (χ0v) is 16.3. The molecule has 0 radical (unpaired) electrons. The van der Waals surface area contributed by atoms with E-state index in [9.17, 15) is 9.90 Å². The number of halogens is 1. The molecule has 2 aromatic rings. The largest absolute Gasteiger partial charge is 0.504 e. The van der Waals surface area contributed by atoms with Crippen LogP contribution in [0, 0.1) is 0 Å². The van der Waals surface area contributed by atoms with Crippen molar-refractivity contribution in [2.24, 2.45) is 0 Å². The molecule has 2 rings (SSSR count). The molecule has 0 bridgehead atoms. The van der Waals surface area contributed by atoms with Crippen LogP contribution in [0.4, 0.5) is 0 Å². The minimum atomic E-state index is -0.646. The van der Waals surface area contributed by atoms with Gasteiger partial charge in [0.1, 0.15) is 0 Å². The molecule has 142 valence electrons. The van der Waals surface area contributed by atoms with E-state index in [4.69, 9.17) is 16.3 Å². The maximum Gasteiger partial charge on any atom is 0.251 e. The number of hydrogen-bond donors (Lipinski definition) is 2. The molecule has 1 atom stereocenters. The lowest BCUT2D eigenvalue weighted by atomic mass is 9.98. The third-order valence-corrected chi connectivity index (χ3v) is 4.43. The van der Waals surface area contributed by atoms with Gasteiger partial charge in [0, 0.05) is 23.6 Å². The van der Waals surface area contributed by atoms with E-state index in [1.165, 1.54) is 6.26 Å². The number of hydrogen-bond acceptors (Lipinski definition) is 3. The molecular formula is C22H24ClNO3. The number of methoxy groups -OCH3 is 1. The summed E-state index contributed by atoms with van der Waals surface area (Å²) in [5.74, 6) is -0.238. The number of ether oxygens (including phenoxy) is 1. The van der Waals surface area contributed by atoms with Gasteiger partial charge in [-0.15, -0.1) is 0 Å². The quantitative estimate of drug-likeness (QED) is 0.530. The van der Waals surface area contributed by atoms with Crippen LogP contribution < -0.4 is 5.32 Å². The van der Waals surface area contributed by atoms with Crippen molar-refractivity contribution in [3.63, 3.8) is 0 Å². The lowest BCUT2D eigenvalue weighted by molar-refractivity contribution is -0.115. The maximum atomic E-state index is 12.4. The number of aliphatic hydroxyl groups is 1. The van der Waals surface area contributed by atoms with Gasteiger partial charge in [0.25, 0.3) is 5.91 Å². The second-order valence-corrected chi connectivity index (χ2v) is 6.74. The average molecular weight is 386 g/mol. The molecule has 4 nitrogen and oxygen atoms in total. The fourth-order valence-corrected chi connectivity index (χ4v) is 2.68. The normalized spacial score (nSPS) is 12.4. The molecule has 27 heavy (non-hydrogen) atoms. The van der Waals surface area contributed by atoms with Crippen molar-refractivity contribution < 1.29 is 14.6 Å². The predicted octanol–water partition coefficient (Wildman–Crippen LogP) is 4.12. The van der Waals surface area contributed by atoms with Crippen molar-refractivity contribution in [1.82, 2.24) is 5.32 Å². The van der Waals surface area contributed by atoms with Gasteiger partial charge in [0.15, 0.2) is 0 Å². The Morgan fingerprint density at radius 2 is 1.96 bits per heavy atom. The number of rotatable bonds is 8. The molecule has 1 unspecified atom stereocenters. The Labute approximate surface area is 165 Å². The molecule has 0 aliphatic rings. The number of aliphatic hydroxyl groups excluding tert-OH is 1.